The summed E-state index contributed by atoms with van der Waals surface area (Å²) >= 11 is 0. The number of fused-ring (bicyclic) bond motifs is 1. The van der Waals surface area contributed by atoms with E-state index in [0.717, 1.165) is 29.3 Å². The zero-order valence-corrected chi connectivity index (χ0v) is 15.4. The summed E-state index contributed by atoms with van der Waals surface area (Å²) in [5, 5.41) is 9.48. The Morgan fingerprint density at radius 1 is 0.867 bits per heavy atom. The van der Waals surface area contributed by atoms with E-state index in [1.165, 1.54) is 0 Å². The van der Waals surface area contributed by atoms with Crippen LogP contribution in [0.2, 0.25) is 0 Å². The second kappa shape index (κ2) is 7.18. The van der Waals surface area contributed by atoms with Crippen LogP contribution in [0.1, 0.15) is 15.9 Å². The fourth-order valence-corrected chi connectivity index (χ4v) is 3.36. The monoisotopic (exact) mass is 408 g/mol. The average molecular weight is 408 g/mol. The van der Waals surface area contributed by atoms with Crippen molar-refractivity contribution in [1.29, 1.82) is 0 Å². The smallest absolute Gasteiger partial charge is 0.416 e. The highest BCUT2D eigenvalue weighted by Gasteiger charge is 2.31. The molecular formula is C23H15F3N2O2. The molecular weight excluding hydrogens is 393 g/mol. The molecule has 0 bridgehead atoms. The van der Waals surface area contributed by atoms with Crippen LogP contribution in [0.25, 0.3) is 33.3 Å². The van der Waals surface area contributed by atoms with E-state index in [1.807, 2.05) is 42.5 Å². The van der Waals surface area contributed by atoms with Crippen molar-refractivity contribution in [1.82, 2.24) is 4.98 Å². The van der Waals surface area contributed by atoms with Crippen LogP contribution in [-0.2, 0) is 6.18 Å². The van der Waals surface area contributed by atoms with E-state index in [-0.39, 0.29) is 22.3 Å². The summed E-state index contributed by atoms with van der Waals surface area (Å²) in [7, 11) is 0. The van der Waals surface area contributed by atoms with Crippen molar-refractivity contribution < 1.29 is 23.1 Å². The molecule has 3 N–H and O–H groups in total. The van der Waals surface area contributed by atoms with Gasteiger partial charge in [0, 0.05) is 10.9 Å². The summed E-state index contributed by atoms with van der Waals surface area (Å²) in [4.78, 5) is 16.2. The molecule has 0 aliphatic rings. The minimum atomic E-state index is -4.61. The van der Waals surface area contributed by atoms with Crippen molar-refractivity contribution >= 4 is 22.6 Å². The first-order chi connectivity index (χ1) is 14.3. The number of halogens is 3. The van der Waals surface area contributed by atoms with Gasteiger partial charge in [-0.2, -0.15) is 13.2 Å². The van der Waals surface area contributed by atoms with Gasteiger partial charge in [0.05, 0.1) is 28.0 Å². The number of rotatable bonds is 3. The van der Waals surface area contributed by atoms with Gasteiger partial charge in [-0.3, -0.25) is 0 Å². The Kier molecular flexibility index (Phi) is 4.66. The highest BCUT2D eigenvalue weighted by Crippen LogP contribution is 2.37. The van der Waals surface area contributed by atoms with E-state index in [0.29, 0.717) is 5.56 Å². The molecule has 0 spiro atoms. The maximum atomic E-state index is 13.1. The van der Waals surface area contributed by atoms with Crippen LogP contribution in [-0.4, -0.2) is 16.1 Å². The van der Waals surface area contributed by atoms with Gasteiger partial charge in [0.1, 0.15) is 0 Å². The predicted octanol–water partition coefficient (Wildman–Crippen LogP) is 5.87. The van der Waals surface area contributed by atoms with Gasteiger partial charge in [0.2, 0.25) is 0 Å². The molecule has 4 aromatic rings. The molecule has 4 rings (SSSR count). The number of carbonyl (C=O) groups is 1. The standard InChI is InChI=1S/C23H15F3N2O2/c24-23(25,26)16-10-11-18-17(12-16)19(22(29)30)20(27)21(28-18)15-8-6-14(7-9-15)13-4-2-1-3-5-13/h1-12H,27H2,(H,29,30). The molecule has 1 heterocycles. The van der Waals surface area contributed by atoms with Crippen molar-refractivity contribution in [3.63, 3.8) is 0 Å². The maximum Gasteiger partial charge on any atom is 0.416 e. The van der Waals surface area contributed by atoms with Crippen molar-refractivity contribution in [2.75, 3.05) is 5.73 Å². The molecule has 150 valence electrons. The van der Waals surface area contributed by atoms with Crippen molar-refractivity contribution in [2.24, 2.45) is 0 Å². The molecule has 4 nitrogen and oxygen atoms in total. The van der Waals surface area contributed by atoms with E-state index in [2.05, 4.69) is 4.98 Å². The fourth-order valence-electron chi connectivity index (χ4n) is 3.36. The topological polar surface area (TPSA) is 76.2 Å². The van der Waals surface area contributed by atoms with Gasteiger partial charge in [-0.15, -0.1) is 0 Å². The number of hydrogen-bond acceptors (Lipinski definition) is 3. The number of anilines is 1. The molecule has 0 fully saturated rings. The minimum Gasteiger partial charge on any atom is -0.478 e. The van der Waals surface area contributed by atoms with Gasteiger partial charge in [0.25, 0.3) is 0 Å². The molecule has 0 saturated carbocycles. The van der Waals surface area contributed by atoms with E-state index in [4.69, 9.17) is 5.73 Å². The van der Waals surface area contributed by atoms with Crippen LogP contribution in [0.4, 0.5) is 18.9 Å². The highest BCUT2D eigenvalue weighted by atomic mass is 19.4. The molecule has 0 amide bonds. The zero-order chi connectivity index (χ0) is 21.5. The number of hydrogen-bond donors (Lipinski definition) is 2. The number of carboxylic acid groups (broad SMARTS) is 1. The number of nitrogens with zero attached hydrogens (tertiary/aromatic N) is 1. The van der Waals surface area contributed by atoms with Crippen LogP contribution < -0.4 is 5.73 Å². The number of benzene rings is 3. The Morgan fingerprint density at radius 2 is 1.47 bits per heavy atom. The SMILES string of the molecule is Nc1c(-c2ccc(-c3ccccc3)cc2)nc2ccc(C(F)(F)F)cc2c1C(=O)O. The largest absolute Gasteiger partial charge is 0.478 e. The van der Waals surface area contributed by atoms with Gasteiger partial charge in [-0.25, -0.2) is 9.78 Å². The molecule has 0 aliphatic heterocycles. The van der Waals surface area contributed by atoms with Crippen LogP contribution in [0.3, 0.4) is 0 Å². The average Bonchev–Trinajstić information content (AvgIpc) is 2.72. The first-order valence-electron chi connectivity index (χ1n) is 8.95. The molecule has 0 radical (unpaired) electrons. The Bertz CT molecular complexity index is 1250. The third-order valence-corrected chi connectivity index (χ3v) is 4.83. The van der Waals surface area contributed by atoms with Gasteiger partial charge in [0.15, 0.2) is 0 Å². The Hall–Kier alpha value is -3.87. The second-order valence-electron chi connectivity index (χ2n) is 6.73. The number of nitrogen functional groups attached to an aromatic ring is 1. The number of alkyl halides is 3. The summed E-state index contributed by atoms with van der Waals surface area (Å²) < 4.78 is 39.2. The van der Waals surface area contributed by atoms with Gasteiger partial charge < -0.3 is 10.8 Å². The second-order valence-corrected chi connectivity index (χ2v) is 6.73. The molecule has 7 heteroatoms. The predicted molar refractivity (Wildman–Crippen MR) is 109 cm³/mol. The van der Waals surface area contributed by atoms with Gasteiger partial charge in [-0.05, 0) is 29.3 Å². The van der Waals surface area contributed by atoms with Crippen molar-refractivity contribution in [3.8, 4) is 22.4 Å². The lowest BCUT2D eigenvalue weighted by atomic mass is 9.98. The summed E-state index contributed by atoms with van der Waals surface area (Å²) in [6.45, 7) is 0. The van der Waals surface area contributed by atoms with Gasteiger partial charge >= 0.3 is 12.1 Å². The summed E-state index contributed by atoms with van der Waals surface area (Å²) in [5.74, 6) is -1.42. The van der Waals surface area contributed by atoms with E-state index >= 15 is 0 Å². The lowest BCUT2D eigenvalue weighted by Gasteiger charge is -2.14. The van der Waals surface area contributed by atoms with Crippen molar-refractivity contribution in [3.05, 3.63) is 83.9 Å². The molecule has 0 aliphatic carbocycles. The first kappa shape index (κ1) is 19.4. The van der Waals surface area contributed by atoms with E-state index in [1.54, 1.807) is 12.1 Å². The molecule has 30 heavy (non-hydrogen) atoms. The molecule has 3 aromatic carbocycles. The minimum absolute atomic E-state index is 0.122. The Morgan fingerprint density at radius 3 is 2.07 bits per heavy atom. The maximum absolute atomic E-state index is 13.1. The number of aromatic nitrogens is 1. The molecule has 1 aromatic heterocycles. The van der Waals surface area contributed by atoms with E-state index < -0.39 is 23.3 Å². The number of carboxylic acids is 1. The van der Waals surface area contributed by atoms with Crippen LogP contribution in [0.5, 0.6) is 0 Å². The zero-order valence-electron chi connectivity index (χ0n) is 15.4. The third kappa shape index (κ3) is 3.45. The van der Waals surface area contributed by atoms with E-state index in [9.17, 15) is 23.1 Å². The summed E-state index contributed by atoms with van der Waals surface area (Å²) in [6, 6.07) is 19.7. The number of nitrogens with two attached hydrogens (primary N) is 1. The van der Waals surface area contributed by atoms with Crippen LogP contribution in [0.15, 0.2) is 72.8 Å². The van der Waals surface area contributed by atoms with Crippen LogP contribution >= 0.6 is 0 Å². The third-order valence-electron chi connectivity index (χ3n) is 4.83. The summed E-state index contributed by atoms with van der Waals surface area (Å²) in [6.07, 6.45) is -4.61. The molecule has 0 saturated heterocycles. The molecule has 0 unspecified atom stereocenters. The van der Waals surface area contributed by atoms with Crippen LogP contribution in [0, 0.1) is 0 Å². The fraction of sp³-hybridized carbons (Fsp3) is 0.0435. The number of aromatic carboxylic acids is 1. The normalized spacial score (nSPS) is 11.6. The first-order valence-corrected chi connectivity index (χ1v) is 8.95. The summed E-state index contributed by atoms with van der Waals surface area (Å²) in [5.41, 5.74) is 7.39. The quantitative estimate of drug-likeness (QED) is 0.445. The lowest BCUT2D eigenvalue weighted by Crippen LogP contribution is -2.09. The lowest BCUT2D eigenvalue weighted by molar-refractivity contribution is -0.137. The van der Waals surface area contributed by atoms with Gasteiger partial charge in [-0.1, -0.05) is 54.6 Å². The number of pyridine rings is 1. The Balaban J connectivity index is 1.87. The molecule has 0 atom stereocenters. The van der Waals surface area contributed by atoms with Crippen molar-refractivity contribution in [2.45, 2.75) is 6.18 Å². The highest BCUT2D eigenvalue weighted by molar-refractivity contribution is 6.10. The Labute approximate surface area is 169 Å².